The van der Waals surface area contributed by atoms with E-state index in [2.05, 4.69) is 15.3 Å². The Morgan fingerprint density at radius 3 is 2.85 bits per heavy atom. The highest BCUT2D eigenvalue weighted by Crippen LogP contribution is 2.29. The number of aromatic nitrogens is 2. The number of aliphatic hydroxyl groups excluding tert-OH is 1. The summed E-state index contributed by atoms with van der Waals surface area (Å²) in [4.78, 5) is 8.58. The van der Waals surface area contributed by atoms with Crippen molar-refractivity contribution in [1.82, 2.24) is 9.97 Å². The largest absolute Gasteiger partial charge is 0.396 e. The standard InChI is InChI=1S/C15H20N4O/c16-15-18-13-8-4-2-6-11(13)14(19-15)17-12-7-3-1-5-10(12)9-20/h2,4,6,8,10,12,20H,1,3,5,7,9H2,(H3,16,17,18,19). The number of rotatable bonds is 3. The first-order valence-electron chi connectivity index (χ1n) is 7.17. The van der Waals surface area contributed by atoms with Gasteiger partial charge in [-0.15, -0.1) is 0 Å². The van der Waals surface area contributed by atoms with Gasteiger partial charge in [-0.2, -0.15) is 4.98 Å². The summed E-state index contributed by atoms with van der Waals surface area (Å²) in [6.45, 7) is 0.218. The fourth-order valence-corrected chi connectivity index (χ4v) is 3.00. The molecule has 0 spiro atoms. The van der Waals surface area contributed by atoms with E-state index in [1.54, 1.807) is 0 Å². The second kappa shape index (κ2) is 5.63. The number of benzene rings is 1. The van der Waals surface area contributed by atoms with Crippen molar-refractivity contribution in [3.8, 4) is 0 Å². The predicted molar refractivity (Wildman–Crippen MR) is 80.4 cm³/mol. The van der Waals surface area contributed by atoms with Crippen molar-refractivity contribution in [2.24, 2.45) is 5.92 Å². The quantitative estimate of drug-likeness (QED) is 0.797. The Hall–Kier alpha value is -1.88. The summed E-state index contributed by atoms with van der Waals surface area (Å²) >= 11 is 0. The molecule has 2 atom stereocenters. The van der Waals surface area contributed by atoms with Crippen LogP contribution in [0, 0.1) is 5.92 Å². The van der Waals surface area contributed by atoms with Crippen molar-refractivity contribution in [2.45, 2.75) is 31.7 Å². The molecule has 0 aliphatic heterocycles. The smallest absolute Gasteiger partial charge is 0.222 e. The van der Waals surface area contributed by atoms with Gasteiger partial charge in [-0.1, -0.05) is 25.0 Å². The fourth-order valence-electron chi connectivity index (χ4n) is 3.00. The lowest BCUT2D eigenvalue weighted by Gasteiger charge is -2.31. The van der Waals surface area contributed by atoms with Gasteiger partial charge in [-0.3, -0.25) is 0 Å². The average Bonchev–Trinajstić information content (AvgIpc) is 2.47. The summed E-state index contributed by atoms with van der Waals surface area (Å²) in [5.74, 6) is 1.35. The number of para-hydroxylation sites is 1. The molecule has 0 saturated heterocycles. The Kier molecular flexibility index (Phi) is 3.69. The van der Waals surface area contributed by atoms with Gasteiger partial charge in [-0.25, -0.2) is 4.98 Å². The Labute approximate surface area is 118 Å². The zero-order valence-electron chi connectivity index (χ0n) is 11.4. The maximum absolute atomic E-state index is 9.51. The van der Waals surface area contributed by atoms with Crippen molar-refractivity contribution in [2.75, 3.05) is 17.7 Å². The maximum Gasteiger partial charge on any atom is 0.222 e. The Morgan fingerprint density at radius 2 is 2.00 bits per heavy atom. The van der Waals surface area contributed by atoms with E-state index < -0.39 is 0 Å². The molecule has 3 rings (SSSR count). The Morgan fingerprint density at radius 1 is 1.20 bits per heavy atom. The molecule has 4 N–H and O–H groups in total. The molecule has 1 fully saturated rings. The fraction of sp³-hybridized carbons (Fsp3) is 0.467. The zero-order valence-corrected chi connectivity index (χ0v) is 11.4. The van der Waals surface area contributed by atoms with Crippen LogP contribution in [0.1, 0.15) is 25.7 Å². The number of nitrogen functional groups attached to an aromatic ring is 1. The number of aliphatic hydroxyl groups is 1. The summed E-state index contributed by atoms with van der Waals surface area (Å²) in [6, 6.07) is 8.09. The van der Waals surface area contributed by atoms with E-state index in [-0.39, 0.29) is 18.6 Å². The maximum atomic E-state index is 9.51. The van der Waals surface area contributed by atoms with Crippen LogP contribution in [0.2, 0.25) is 0 Å². The molecule has 0 bridgehead atoms. The number of anilines is 2. The Balaban J connectivity index is 1.93. The zero-order chi connectivity index (χ0) is 13.9. The molecule has 2 unspecified atom stereocenters. The minimum atomic E-state index is 0.218. The first kappa shape index (κ1) is 13.1. The summed E-state index contributed by atoms with van der Waals surface area (Å²) in [6.07, 6.45) is 4.50. The van der Waals surface area contributed by atoms with Gasteiger partial charge in [0, 0.05) is 24.0 Å². The first-order chi connectivity index (χ1) is 9.78. The molecule has 1 aromatic carbocycles. The SMILES string of the molecule is Nc1nc(NC2CCCCC2CO)c2ccccc2n1. The third kappa shape index (κ3) is 2.54. The minimum absolute atomic E-state index is 0.218. The molecule has 1 heterocycles. The molecule has 5 nitrogen and oxygen atoms in total. The highest BCUT2D eigenvalue weighted by atomic mass is 16.3. The molecular formula is C15H20N4O. The topological polar surface area (TPSA) is 84.1 Å². The lowest BCUT2D eigenvalue weighted by Crippen LogP contribution is -2.34. The van der Waals surface area contributed by atoms with Crippen molar-refractivity contribution in [3.05, 3.63) is 24.3 Å². The van der Waals surface area contributed by atoms with Crippen molar-refractivity contribution >= 4 is 22.7 Å². The van der Waals surface area contributed by atoms with Crippen LogP contribution in [-0.2, 0) is 0 Å². The van der Waals surface area contributed by atoms with Crippen LogP contribution >= 0.6 is 0 Å². The van der Waals surface area contributed by atoms with Crippen LogP contribution in [0.3, 0.4) is 0 Å². The van der Waals surface area contributed by atoms with E-state index in [4.69, 9.17) is 5.73 Å². The van der Waals surface area contributed by atoms with E-state index >= 15 is 0 Å². The lowest BCUT2D eigenvalue weighted by molar-refractivity contribution is 0.178. The molecule has 1 saturated carbocycles. The highest BCUT2D eigenvalue weighted by molar-refractivity contribution is 5.89. The molecule has 106 valence electrons. The predicted octanol–water partition coefficient (Wildman–Crippen LogP) is 2.17. The normalized spacial score (nSPS) is 22.9. The molecule has 1 aliphatic carbocycles. The number of fused-ring (bicyclic) bond motifs is 1. The van der Waals surface area contributed by atoms with Crippen LogP contribution in [0.15, 0.2) is 24.3 Å². The van der Waals surface area contributed by atoms with Crippen LogP contribution < -0.4 is 11.1 Å². The van der Waals surface area contributed by atoms with Crippen LogP contribution in [-0.4, -0.2) is 27.7 Å². The lowest BCUT2D eigenvalue weighted by atomic mass is 9.85. The molecule has 1 aromatic heterocycles. The summed E-state index contributed by atoms with van der Waals surface area (Å²) in [7, 11) is 0. The number of hydrogen-bond donors (Lipinski definition) is 3. The van der Waals surface area contributed by atoms with Crippen molar-refractivity contribution < 1.29 is 5.11 Å². The van der Waals surface area contributed by atoms with Gasteiger partial charge in [0.15, 0.2) is 0 Å². The van der Waals surface area contributed by atoms with Gasteiger partial charge in [0.2, 0.25) is 5.95 Å². The number of nitrogens with two attached hydrogens (primary N) is 1. The van der Waals surface area contributed by atoms with Crippen LogP contribution in [0.4, 0.5) is 11.8 Å². The van der Waals surface area contributed by atoms with Gasteiger partial charge in [0.05, 0.1) is 5.52 Å². The summed E-state index contributed by atoms with van der Waals surface area (Å²) in [5, 5.41) is 14.0. The second-order valence-electron chi connectivity index (χ2n) is 5.43. The average molecular weight is 272 g/mol. The molecule has 2 aromatic rings. The molecular weight excluding hydrogens is 252 g/mol. The van der Waals surface area contributed by atoms with E-state index in [0.29, 0.717) is 5.92 Å². The second-order valence-corrected chi connectivity index (χ2v) is 5.43. The summed E-state index contributed by atoms with van der Waals surface area (Å²) in [5.41, 5.74) is 6.63. The highest BCUT2D eigenvalue weighted by Gasteiger charge is 2.25. The third-order valence-corrected chi connectivity index (χ3v) is 4.09. The molecule has 0 radical (unpaired) electrons. The van der Waals surface area contributed by atoms with Crippen molar-refractivity contribution in [3.63, 3.8) is 0 Å². The van der Waals surface area contributed by atoms with Gasteiger partial charge < -0.3 is 16.2 Å². The van der Waals surface area contributed by atoms with Gasteiger partial charge in [0.25, 0.3) is 0 Å². The molecule has 0 amide bonds. The molecule has 1 aliphatic rings. The monoisotopic (exact) mass is 272 g/mol. The number of nitrogens with one attached hydrogen (secondary N) is 1. The molecule has 5 heteroatoms. The van der Waals surface area contributed by atoms with E-state index in [1.165, 1.54) is 12.8 Å². The first-order valence-corrected chi connectivity index (χ1v) is 7.17. The van der Waals surface area contributed by atoms with Gasteiger partial charge in [-0.05, 0) is 25.0 Å². The summed E-state index contributed by atoms with van der Waals surface area (Å²) < 4.78 is 0. The number of hydrogen-bond acceptors (Lipinski definition) is 5. The van der Waals surface area contributed by atoms with E-state index in [9.17, 15) is 5.11 Å². The van der Waals surface area contributed by atoms with Crippen molar-refractivity contribution in [1.29, 1.82) is 0 Å². The molecule has 20 heavy (non-hydrogen) atoms. The third-order valence-electron chi connectivity index (χ3n) is 4.09. The van der Waals surface area contributed by atoms with Gasteiger partial charge >= 0.3 is 0 Å². The Bertz CT molecular complexity index is 601. The van der Waals surface area contributed by atoms with Crippen LogP contribution in [0.25, 0.3) is 10.9 Å². The van der Waals surface area contributed by atoms with E-state index in [1.807, 2.05) is 24.3 Å². The number of nitrogens with zero attached hydrogens (tertiary/aromatic N) is 2. The van der Waals surface area contributed by atoms with E-state index in [0.717, 1.165) is 29.6 Å². The van der Waals surface area contributed by atoms with Gasteiger partial charge in [0.1, 0.15) is 5.82 Å². The van der Waals surface area contributed by atoms with Crippen LogP contribution in [0.5, 0.6) is 0 Å². The minimum Gasteiger partial charge on any atom is -0.396 e.